The van der Waals surface area contributed by atoms with Crippen LogP contribution >= 0.6 is 0 Å². The molecule has 1 heterocycles. The number of anilines is 1. The minimum atomic E-state index is -0.0899. The maximum absolute atomic E-state index is 12.8. The molecule has 0 radical (unpaired) electrons. The Hall–Kier alpha value is -2.82. The molecular formula is C20H23N3O2. The van der Waals surface area contributed by atoms with Crippen LogP contribution < -0.4 is 10.6 Å². The third-order valence-corrected chi connectivity index (χ3v) is 4.62. The first-order chi connectivity index (χ1) is 12.0. The SMILES string of the molecule is CCN(C(=O)CCn1c(=O)n(C)c2ccccc21)c1ccccc1C. The molecule has 0 saturated heterocycles. The van der Waals surface area contributed by atoms with Crippen molar-refractivity contribution in [2.75, 3.05) is 11.4 Å². The molecular weight excluding hydrogens is 314 g/mol. The van der Waals surface area contributed by atoms with Gasteiger partial charge in [0, 0.05) is 32.2 Å². The first-order valence-electron chi connectivity index (χ1n) is 8.54. The van der Waals surface area contributed by atoms with Crippen molar-refractivity contribution in [2.45, 2.75) is 26.8 Å². The van der Waals surface area contributed by atoms with Crippen LogP contribution in [0.2, 0.25) is 0 Å². The lowest BCUT2D eigenvalue weighted by Gasteiger charge is -2.23. The zero-order chi connectivity index (χ0) is 18.0. The van der Waals surface area contributed by atoms with Gasteiger partial charge < -0.3 is 4.90 Å². The Balaban J connectivity index is 1.84. The average molecular weight is 337 g/mol. The molecule has 0 aliphatic rings. The number of aromatic nitrogens is 2. The Bertz CT molecular complexity index is 968. The summed E-state index contributed by atoms with van der Waals surface area (Å²) in [6, 6.07) is 15.5. The smallest absolute Gasteiger partial charge is 0.312 e. The lowest BCUT2D eigenvalue weighted by atomic mass is 10.1. The second-order valence-electron chi connectivity index (χ2n) is 6.16. The number of amides is 1. The number of rotatable bonds is 5. The first-order valence-corrected chi connectivity index (χ1v) is 8.54. The van der Waals surface area contributed by atoms with E-state index in [1.165, 1.54) is 0 Å². The van der Waals surface area contributed by atoms with E-state index in [9.17, 15) is 9.59 Å². The van der Waals surface area contributed by atoms with Crippen molar-refractivity contribution in [3.8, 4) is 0 Å². The van der Waals surface area contributed by atoms with Crippen LogP contribution in [0.25, 0.3) is 11.0 Å². The van der Waals surface area contributed by atoms with Crippen LogP contribution in [0.15, 0.2) is 53.3 Å². The van der Waals surface area contributed by atoms with Gasteiger partial charge >= 0.3 is 5.69 Å². The fourth-order valence-electron chi connectivity index (χ4n) is 3.27. The molecule has 0 unspecified atom stereocenters. The van der Waals surface area contributed by atoms with Gasteiger partial charge in [0.25, 0.3) is 0 Å². The summed E-state index contributed by atoms with van der Waals surface area (Å²) in [6.45, 7) is 4.95. The molecule has 1 amide bonds. The number of carbonyl (C=O) groups is 1. The molecule has 0 bridgehead atoms. The minimum Gasteiger partial charge on any atom is -0.312 e. The summed E-state index contributed by atoms with van der Waals surface area (Å²) in [5, 5.41) is 0. The molecule has 5 heteroatoms. The third kappa shape index (κ3) is 3.09. The number of para-hydroxylation sites is 3. The fraction of sp³-hybridized carbons (Fsp3) is 0.300. The van der Waals surface area contributed by atoms with E-state index in [0.717, 1.165) is 22.3 Å². The number of carbonyl (C=O) groups excluding carboxylic acids is 1. The monoisotopic (exact) mass is 337 g/mol. The van der Waals surface area contributed by atoms with Crippen LogP contribution in [0.1, 0.15) is 18.9 Å². The molecule has 1 aromatic heterocycles. The molecule has 25 heavy (non-hydrogen) atoms. The Morgan fingerprint density at radius 2 is 1.68 bits per heavy atom. The third-order valence-electron chi connectivity index (χ3n) is 4.62. The number of fused-ring (bicyclic) bond motifs is 1. The summed E-state index contributed by atoms with van der Waals surface area (Å²) in [6.07, 6.45) is 0.288. The summed E-state index contributed by atoms with van der Waals surface area (Å²) >= 11 is 0. The molecule has 0 N–H and O–H groups in total. The van der Waals surface area contributed by atoms with Gasteiger partial charge in [-0.2, -0.15) is 0 Å². The largest absolute Gasteiger partial charge is 0.328 e. The van der Waals surface area contributed by atoms with Gasteiger partial charge in [-0.05, 0) is 37.6 Å². The molecule has 2 aromatic carbocycles. The van der Waals surface area contributed by atoms with Gasteiger partial charge in [0.2, 0.25) is 5.91 Å². The summed E-state index contributed by atoms with van der Waals surface area (Å²) < 4.78 is 3.30. The van der Waals surface area contributed by atoms with E-state index in [1.807, 2.05) is 62.4 Å². The van der Waals surface area contributed by atoms with Crippen LogP contribution in [0.4, 0.5) is 5.69 Å². The fourth-order valence-corrected chi connectivity index (χ4v) is 3.27. The van der Waals surface area contributed by atoms with Crippen molar-refractivity contribution in [1.82, 2.24) is 9.13 Å². The molecule has 130 valence electrons. The van der Waals surface area contributed by atoms with Gasteiger partial charge in [-0.15, -0.1) is 0 Å². The Morgan fingerprint density at radius 3 is 2.36 bits per heavy atom. The van der Waals surface area contributed by atoms with Crippen molar-refractivity contribution in [1.29, 1.82) is 0 Å². The number of imidazole rings is 1. The summed E-state index contributed by atoms with van der Waals surface area (Å²) in [7, 11) is 1.76. The molecule has 5 nitrogen and oxygen atoms in total. The van der Waals surface area contributed by atoms with Crippen molar-refractivity contribution in [2.24, 2.45) is 7.05 Å². The zero-order valence-electron chi connectivity index (χ0n) is 14.9. The number of benzene rings is 2. The normalized spacial score (nSPS) is 11.0. The molecule has 0 atom stereocenters. The van der Waals surface area contributed by atoms with Crippen molar-refractivity contribution < 1.29 is 4.79 Å². The van der Waals surface area contributed by atoms with E-state index in [2.05, 4.69) is 0 Å². The second-order valence-corrected chi connectivity index (χ2v) is 6.16. The standard InChI is InChI=1S/C20H23N3O2/c1-4-22(16-10-6-5-9-15(16)2)19(24)13-14-23-18-12-8-7-11-17(18)21(3)20(23)25/h5-12H,4,13-14H2,1-3H3. The first kappa shape index (κ1) is 17.0. The molecule has 0 spiro atoms. The van der Waals surface area contributed by atoms with Gasteiger partial charge in [-0.25, -0.2) is 4.79 Å². The van der Waals surface area contributed by atoms with Crippen molar-refractivity contribution in [3.05, 3.63) is 64.6 Å². The predicted molar refractivity (Wildman–Crippen MR) is 101 cm³/mol. The highest BCUT2D eigenvalue weighted by molar-refractivity contribution is 5.94. The van der Waals surface area contributed by atoms with Gasteiger partial charge in [0.05, 0.1) is 11.0 Å². The molecule has 0 saturated carbocycles. The average Bonchev–Trinajstić information content (AvgIpc) is 2.87. The van der Waals surface area contributed by atoms with Crippen LogP contribution in [0.3, 0.4) is 0 Å². The molecule has 3 aromatic rings. The predicted octanol–water partition coefficient (Wildman–Crippen LogP) is 3.09. The molecule has 0 aliphatic carbocycles. The number of nitrogens with zero attached hydrogens (tertiary/aromatic N) is 3. The molecule has 0 aliphatic heterocycles. The van der Waals surface area contributed by atoms with Crippen LogP contribution in [-0.2, 0) is 18.4 Å². The topological polar surface area (TPSA) is 47.2 Å². The summed E-state index contributed by atoms with van der Waals surface area (Å²) in [5.41, 5.74) is 3.65. The Morgan fingerprint density at radius 1 is 1.04 bits per heavy atom. The highest BCUT2D eigenvalue weighted by Crippen LogP contribution is 2.20. The van der Waals surface area contributed by atoms with E-state index in [0.29, 0.717) is 13.1 Å². The number of hydrogen-bond acceptors (Lipinski definition) is 2. The van der Waals surface area contributed by atoms with E-state index < -0.39 is 0 Å². The van der Waals surface area contributed by atoms with Crippen LogP contribution in [-0.4, -0.2) is 21.6 Å². The van der Waals surface area contributed by atoms with Gasteiger partial charge in [0.1, 0.15) is 0 Å². The molecule has 3 rings (SSSR count). The van der Waals surface area contributed by atoms with E-state index >= 15 is 0 Å². The van der Waals surface area contributed by atoms with Crippen molar-refractivity contribution in [3.63, 3.8) is 0 Å². The number of aryl methyl sites for hydroxylation is 3. The van der Waals surface area contributed by atoms with E-state index in [-0.39, 0.29) is 18.0 Å². The van der Waals surface area contributed by atoms with E-state index in [4.69, 9.17) is 0 Å². The zero-order valence-corrected chi connectivity index (χ0v) is 14.9. The Labute approximate surface area is 147 Å². The Kier molecular flexibility index (Phi) is 4.74. The van der Waals surface area contributed by atoms with Gasteiger partial charge in [0.15, 0.2) is 0 Å². The van der Waals surface area contributed by atoms with E-state index in [1.54, 1.807) is 21.1 Å². The maximum Gasteiger partial charge on any atom is 0.328 e. The highest BCUT2D eigenvalue weighted by Gasteiger charge is 2.17. The lowest BCUT2D eigenvalue weighted by Crippen LogP contribution is -2.33. The second kappa shape index (κ2) is 6.97. The molecule has 0 fully saturated rings. The summed E-state index contributed by atoms with van der Waals surface area (Å²) in [5.74, 6) is 0.0247. The van der Waals surface area contributed by atoms with Crippen molar-refractivity contribution >= 4 is 22.6 Å². The summed E-state index contributed by atoms with van der Waals surface area (Å²) in [4.78, 5) is 27.0. The lowest BCUT2D eigenvalue weighted by molar-refractivity contribution is -0.118. The van der Waals surface area contributed by atoms with Crippen LogP contribution in [0, 0.1) is 6.92 Å². The minimum absolute atomic E-state index is 0.0247. The maximum atomic E-state index is 12.8. The van der Waals surface area contributed by atoms with Gasteiger partial charge in [-0.3, -0.25) is 13.9 Å². The number of hydrogen-bond donors (Lipinski definition) is 0. The van der Waals surface area contributed by atoms with Crippen LogP contribution in [0.5, 0.6) is 0 Å². The highest BCUT2D eigenvalue weighted by atomic mass is 16.2. The van der Waals surface area contributed by atoms with Gasteiger partial charge in [-0.1, -0.05) is 30.3 Å². The quantitative estimate of drug-likeness (QED) is 0.718.